The first-order chi connectivity index (χ1) is 10.7. The molecule has 1 fully saturated rings. The molecule has 118 valence electrons. The van der Waals surface area contributed by atoms with Gasteiger partial charge >= 0.3 is 0 Å². The van der Waals surface area contributed by atoms with E-state index >= 15 is 0 Å². The zero-order chi connectivity index (χ0) is 15.9. The number of thiocarbonyl (C=S) groups is 1. The zero-order valence-electron chi connectivity index (χ0n) is 13.0. The lowest BCUT2D eigenvalue weighted by atomic mass is 9.98. The van der Waals surface area contributed by atoms with Crippen LogP contribution in [0.25, 0.3) is 0 Å². The zero-order valence-corrected chi connectivity index (χ0v) is 13.8. The number of nitrogens with one attached hydrogen (secondary N) is 2. The van der Waals surface area contributed by atoms with Gasteiger partial charge in [0.15, 0.2) is 0 Å². The molecule has 1 atom stereocenters. The number of hydrogen-bond acceptors (Lipinski definition) is 3. The summed E-state index contributed by atoms with van der Waals surface area (Å²) >= 11 is 5.32. The Bertz CT molecular complexity index is 575. The molecule has 1 saturated heterocycles. The predicted octanol–water partition coefficient (Wildman–Crippen LogP) is 2.54. The molecule has 0 aliphatic carbocycles. The van der Waals surface area contributed by atoms with Crippen LogP contribution < -0.4 is 5.32 Å². The Morgan fingerprint density at radius 1 is 1.64 bits per heavy atom. The Kier molecular flexibility index (Phi) is 5.89. The van der Waals surface area contributed by atoms with Crippen molar-refractivity contribution in [2.24, 2.45) is 15.9 Å². The van der Waals surface area contributed by atoms with Gasteiger partial charge in [0, 0.05) is 32.9 Å². The molecule has 1 aromatic heterocycles. The fraction of sp³-hybridized carbons (Fsp3) is 0.438. The minimum atomic E-state index is 0.544. The Balaban J connectivity index is 1.95. The molecule has 1 aromatic rings. The van der Waals surface area contributed by atoms with Crippen LogP contribution in [0, 0.1) is 5.92 Å². The van der Waals surface area contributed by atoms with E-state index in [9.17, 15) is 0 Å². The summed E-state index contributed by atoms with van der Waals surface area (Å²) in [4.78, 5) is 14.4. The van der Waals surface area contributed by atoms with Crippen molar-refractivity contribution >= 4 is 35.6 Å². The molecule has 5 nitrogen and oxygen atoms in total. The molecule has 0 saturated carbocycles. The summed E-state index contributed by atoms with van der Waals surface area (Å²) in [6, 6.07) is 1.96. The van der Waals surface area contributed by atoms with Crippen molar-refractivity contribution < 1.29 is 0 Å². The first-order valence-corrected chi connectivity index (χ1v) is 7.86. The van der Waals surface area contributed by atoms with Crippen molar-refractivity contribution in [1.29, 1.82) is 0 Å². The van der Waals surface area contributed by atoms with Crippen molar-refractivity contribution in [3.05, 3.63) is 30.5 Å². The largest absolute Gasteiger partial charge is 0.369 e. The fourth-order valence-corrected chi connectivity index (χ4v) is 2.95. The van der Waals surface area contributed by atoms with Crippen molar-refractivity contribution in [3.8, 4) is 0 Å². The summed E-state index contributed by atoms with van der Waals surface area (Å²) in [5, 5.41) is 3.44. The summed E-state index contributed by atoms with van der Waals surface area (Å²) in [5.74, 6) is 2.13. The molecule has 6 heteroatoms. The van der Waals surface area contributed by atoms with Crippen LogP contribution >= 0.6 is 12.2 Å². The van der Waals surface area contributed by atoms with E-state index in [4.69, 9.17) is 12.2 Å². The molecule has 2 N–H and O–H groups in total. The molecular weight excluding hydrogens is 294 g/mol. The Labute approximate surface area is 137 Å². The van der Waals surface area contributed by atoms with Gasteiger partial charge in [-0.2, -0.15) is 0 Å². The maximum atomic E-state index is 5.32. The van der Waals surface area contributed by atoms with Gasteiger partial charge < -0.3 is 15.2 Å². The minimum absolute atomic E-state index is 0.544. The van der Waals surface area contributed by atoms with Gasteiger partial charge in [0.2, 0.25) is 0 Å². The van der Waals surface area contributed by atoms with Crippen molar-refractivity contribution in [1.82, 2.24) is 15.2 Å². The molecule has 0 aromatic carbocycles. The van der Waals surface area contributed by atoms with Gasteiger partial charge in [-0.15, -0.1) is 0 Å². The van der Waals surface area contributed by atoms with E-state index in [0.29, 0.717) is 5.92 Å². The van der Waals surface area contributed by atoms with E-state index in [0.717, 1.165) is 48.3 Å². The second-order valence-corrected chi connectivity index (χ2v) is 5.77. The molecule has 1 aliphatic rings. The summed E-state index contributed by atoms with van der Waals surface area (Å²) < 4.78 is 0. The third-order valence-electron chi connectivity index (χ3n) is 3.93. The van der Waals surface area contributed by atoms with Gasteiger partial charge in [-0.05, 0) is 37.6 Å². The second-order valence-electron chi connectivity index (χ2n) is 5.35. The number of aliphatic imine (C=N–C) groups is 2. The summed E-state index contributed by atoms with van der Waals surface area (Å²) in [6.45, 7) is 10.2. The van der Waals surface area contributed by atoms with Crippen LogP contribution in [0.1, 0.15) is 18.4 Å². The van der Waals surface area contributed by atoms with Crippen LogP contribution in [0.4, 0.5) is 5.82 Å². The Hall–Kier alpha value is -1.95. The van der Waals surface area contributed by atoms with Crippen LogP contribution in [0.2, 0.25) is 0 Å². The normalized spacial score (nSPS) is 18.9. The standard InChI is InChI=1S/C16H23N5S/c1-4-14(22)21-9-5-6-12(11-21)10-20-16(18-3)13-7-8-19-15(13)17-2/h4,7-8,12,19H,1-2,5-6,9-11H2,3H3,(H,18,20)/t12-/m0/s1. The quantitative estimate of drug-likeness (QED) is 0.380. The Morgan fingerprint density at radius 2 is 2.45 bits per heavy atom. The highest BCUT2D eigenvalue weighted by Gasteiger charge is 2.21. The van der Waals surface area contributed by atoms with Crippen molar-refractivity contribution in [2.75, 3.05) is 26.7 Å². The van der Waals surface area contributed by atoms with Gasteiger partial charge in [-0.25, -0.2) is 4.99 Å². The third-order valence-corrected chi connectivity index (χ3v) is 4.35. The van der Waals surface area contributed by atoms with E-state index in [1.807, 2.05) is 12.3 Å². The van der Waals surface area contributed by atoms with E-state index in [2.05, 4.69) is 38.5 Å². The van der Waals surface area contributed by atoms with E-state index < -0.39 is 0 Å². The molecule has 22 heavy (non-hydrogen) atoms. The topological polar surface area (TPSA) is 55.8 Å². The van der Waals surface area contributed by atoms with Gasteiger partial charge in [0.05, 0.1) is 5.56 Å². The molecule has 0 radical (unpaired) electrons. The average Bonchev–Trinajstić information content (AvgIpc) is 3.03. The summed E-state index contributed by atoms with van der Waals surface area (Å²) in [5.41, 5.74) is 0.951. The monoisotopic (exact) mass is 317 g/mol. The number of aromatic amines is 1. The minimum Gasteiger partial charge on any atom is -0.369 e. The number of piperidine rings is 1. The lowest BCUT2D eigenvalue weighted by molar-refractivity contribution is 0.263. The number of likely N-dealkylation sites (tertiary alicyclic amines) is 1. The first-order valence-electron chi connectivity index (χ1n) is 7.46. The van der Waals surface area contributed by atoms with E-state index in [1.54, 1.807) is 13.1 Å². The van der Waals surface area contributed by atoms with Gasteiger partial charge in [-0.1, -0.05) is 18.8 Å². The van der Waals surface area contributed by atoms with Crippen LogP contribution in [0.3, 0.4) is 0 Å². The molecule has 1 aliphatic heterocycles. The second kappa shape index (κ2) is 7.89. The van der Waals surface area contributed by atoms with Gasteiger partial charge in [-0.3, -0.25) is 4.99 Å². The SMILES string of the molecule is C=CC(=S)N1CCC[C@@H](CNC(=NC)c2cc[nH]c2N=C)C1. The maximum Gasteiger partial charge on any atom is 0.140 e. The van der Waals surface area contributed by atoms with Crippen molar-refractivity contribution in [3.63, 3.8) is 0 Å². The van der Waals surface area contributed by atoms with Crippen LogP contribution in [-0.2, 0) is 0 Å². The molecule has 0 bridgehead atoms. The fourth-order valence-electron chi connectivity index (χ4n) is 2.78. The average molecular weight is 317 g/mol. The summed E-state index contributed by atoms with van der Waals surface area (Å²) in [6.07, 6.45) is 5.95. The van der Waals surface area contributed by atoms with E-state index in [-0.39, 0.29) is 0 Å². The predicted molar refractivity (Wildman–Crippen MR) is 97.6 cm³/mol. The molecule has 2 heterocycles. The number of amidine groups is 1. The lowest BCUT2D eigenvalue weighted by Gasteiger charge is -2.34. The maximum absolute atomic E-state index is 5.32. The Morgan fingerprint density at radius 3 is 3.14 bits per heavy atom. The number of aromatic nitrogens is 1. The number of hydrogen-bond donors (Lipinski definition) is 2. The smallest absolute Gasteiger partial charge is 0.140 e. The van der Waals surface area contributed by atoms with Gasteiger partial charge in [0.25, 0.3) is 0 Å². The van der Waals surface area contributed by atoms with Gasteiger partial charge in [0.1, 0.15) is 16.6 Å². The highest BCUT2D eigenvalue weighted by atomic mass is 32.1. The number of H-pyrrole nitrogens is 1. The molecule has 0 unspecified atom stereocenters. The summed E-state index contributed by atoms with van der Waals surface area (Å²) in [7, 11) is 1.78. The number of rotatable bonds is 5. The molecule has 2 rings (SSSR count). The van der Waals surface area contributed by atoms with Crippen molar-refractivity contribution in [2.45, 2.75) is 12.8 Å². The molecular formula is C16H23N5S. The highest BCUT2D eigenvalue weighted by molar-refractivity contribution is 7.80. The number of nitrogens with zero attached hydrogens (tertiary/aromatic N) is 3. The highest BCUT2D eigenvalue weighted by Crippen LogP contribution is 2.18. The third kappa shape index (κ3) is 3.82. The molecule has 0 amide bonds. The van der Waals surface area contributed by atoms with Crippen LogP contribution in [0.15, 0.2) is 34.9 Å². The van der Waals surface area contributed by atoms with Crippen LogP contribution in [0.5, 0.6) is 0 Å². The van der Waals surface area contributed by atoms with E-state index in [1.165, 1.54) is 6.42 Å². The molecule has 0 spiro atoms. The van der Waals surface area contributed by atoms with Crippen LogP contribution in [-0.4, -0.2) is 54.1 Å². The first kappa shape index (κ1) is 16.4. The lowest BCUT2D eigenvalue weighted by Crippen LogP contribution is -2.42.